The van der Waals surface area contributed by atoms with Gasteiger partial charge >= 0.3 is 6.18 Å². The Bertz CT molecular complexity index is 1680. The van der Waals surface area contributed by atoms with Gasteiger partial charge in [0.25, 0.3) is 0 Å². The van der Waals surface area contributed by atoms with Crippen LogP contribution in [0.3, 0.4) is 0 Å². The van der Waals surface area contributed by atoms with Gasteiger partial charge in [-0.15, -0.1) is 0 Å². The van der Waals surface area contributed by atoms with E-state index in [9.17, 15) is 18.0 Å². The highest BCUT2D eigenvalue weighted by atomic mass is 79.9. The van der Waals surface area contributed by atoms with Crippen LogP contribution < -0.4 is 11.1 Å². The van der Waals surface area contributed by atoms with Crippen molar-refractivity contribution in [3.05, 3.63) is 118 Å². The summed E-state index contributed by atoms with van der Waals surface area (Å²) in [5.41, 5.74) is 8.73. The summed E-state index contributed by atoms with van der Waals surface area (Å²) in [5.74, 6) is -1.25. The number of nitrogens with zero attached hydrogens (tertiary/aromatic N) is 4. The van der Waals surface area contributed by atoms with E-state index in [0.29, 0.717) is 23.5 Å². The number of carbonyl (C=O) groups is 1. The number of nitrogens with one attached hydrogen (secondary N) is 1. The van der Waals surface area contributed by atoms with Gasteiger partial charge in [0.05, 0.1) is 35.6 Å². The van der Waals surface area contributed by atoms with Crippen LogP contribution in [0.2, 0.25) is 0 Å². The van der Waals surface area contributed by atoms with Crippen LogP contribution >= 0.6 is 28.1 Å². The molecular weight excluding hydrogens is 665 g/mol. The second-order valence-electron chi connectivity index (χ2n) is 10.9. The molecule has 0 saturated carbocycles. The topological polar surface area (TPSA) is 100.0 Å². The van der Waals surface area contributed by atoms with Crippen molar-refractivity contribution in [3.63, 3.8) is 0 Å². The lowest BCUT2D eigenvalue weighted by molar-refractivity contribution is -0.138. The second kappa shape index (κ2) is 14.8. The number of anilines is 1. The van der Waals surface area contributed by atoms with E-state index in [1.54, 1.807) is 42.9 Å². The lowest BCUT2D eigenvalue weighted by Gasteiger charge is -2.38. The molecule has 4 rings (SSSR count). The number of ketones is 1. The Balaban J connectivity index is 1.63. The molecule has 12 heteroatoms. The van der Waals surface area contributed by atoms with Gasteiger partial charge < -0.3 is 20.5 Å². The molecule has 0 spiro atoms. The maximum Gasteiger partial charge on any atom is 0.416 e. The summed E-state index contributed by atoms with van der Waals surface area (Å²) in [4.78, 5) is 19.6. The average Bonchev–Trinajstić information content (AvgIpc) is 3.41. The SMILES string of the molecule is CC(C)[C@H](C(=O)Cc1cncn1Cc1ccc(C#N)cc1)C(N)N(Cc1ccccc1C(F)(F)F)C(=S)Nc1cccc(Br)c1. The molecule has 0 bridgehead atoms. The highest BCUT2D eigenvalue weighted by molar-refractivity contribution is 9.10. The van der Waals surface area contributed by atoms with Crippen molar-refractivity contribution in [1.29, 1.82) is 5.26 Å². The molecule has 234 valence electrons. The number of thiocarbonyl (C=S) groups is 1. The Morgan fingerprint density at radius 1 is 1.13 bits per heavy atom. The Hall–Kier alpha value is -4.05. The van der Waals surface area contributed by atoms with Gasteiger partial charge in [-0.1, -0.05) is 66.2 Å². The number of nitrogens with two attached hydrogens (primary N) is 1. The molecule has 0 aliphatic rings. The fourth-order valence-corrected chi connectivity index (χ4v) is 5.86. The molecule has 0 fully saturated rings. The standard InChI is InChI=1S/C33H32BrF3N6OS/c1-21(2)30(29(44)15-27-17-40-20-42(27)18-23-12-10-22(16-38)11-13-23)31(39)43(32(45)41-26-8-5-7-25(34)14-26)19-24-6-3-4-9-28(24)33(35,36)37/h3-14,17,20-21,30-31H,15,18-19,39H2,1-2H3,(H,41,45)/t30-,31?/m1/s1. The van der Waals surface area contributed by atoms with Gasteiger partial charge in [-0.25, -0.2) is 4.98 Å². The molecule has 1 unspecified atom stereocenters. The predicted molar refractivity (Wildman–Crippen MR) is 175 cm³/mol. The highest BCUT2D eigenvalue weighted by Gasteiger charge is 2.37. The quantitative estimate of drug-likeness (QED) is 0.127. The zero-order chi connectivity index (χ0) is 32.7. The smallest absolute Gasteiger partial charge is 0.333 e. The van der Waals surface area contributed by atoms with Crippen molar-refractivity contribution in [1.82, 2.24) is 14.5 Å². The number of alkyl halides is 3. The van der Waals surface area contributed by atoms with E-state index in [0.717, 1.165) is 16.1 Å². The second-order valence-corrected chi connectivity index (χ2v) is 12.3. The van der Waals surface area contributed by atoms with Gasteiger partial charge in [-0.3, -0.25) is 4.79 Å². The van der Waals surface area contributed by atoms with Gasteiger partial charge in [-0.2, -0.15) is 18.4 Å². The first-order chi connectivity index (χ1) is 21.4. The number of aromatic nitrogens is 2. The maximum absolute atomic E-state index is 14.0. The Kier molecular flexibility index (Phi) is 11.1. The first-order valence-corrected chi connectivity index (χ1v) is 15.3. The summed E-state index contributed by atoms with van der Waals surface area (Å²) in [6.07, 6.45) is -2.40. The van der Waals surface area contributed by atoms with Gasteiger partial charge in [0.15, 0.2) is 5.11 Å². The molecule has 0 aliphatic heterocycles. The molecule has 45 heavy (non-hydrogen) atoms. The number of Topliss-reactive ketones (excluding diaryl/α,β-unsaturated/α-hetero) is 1. The largest absolute Gasteiger partial charge is 0.416 e. The third-order valence-electron chi connectivity index (χ3n) is 7.41. The van der Waals surface area contributed by atoms with Crippen LogP contribution in [0, 0.1) is 23.2 Å². The molecule has 0 aliphatic carbocycles. The molecular formula is C33H32BrF3N6OS. The van der Waals surface area contributed by atoms with E-state index in [1.807, 2.05) is 36.6 Å². The van der Waals surface area contributed by atoms with Gasteiger partial charge in [0, 0.05) is 41.6 Å². The lowest BCUT2D eigenvalue weighted by atomic mass is 9.86. The van der Waals surface area contributed by atoms with Crippen molar-refractivity contribution < 1.29 is 18.0 Å². The van der Waals surface area contributed by atoms with Crippen LogP contribution in [-0.4, -0.2) is 31.5 Å². The van der Waals surface area contributed by atoms with E-state index in [2.05, 4.69) is 32.3 Å². The summed E-state index contributed by atoms with van der Waals surface area (Å²) >= 11 is 9.14. The number of hydrogen-bond acceptors (Lipinski definition) is 5. The number of hydrogen-bond donors (Lipinski definition) is 2. The number of nitriles is 1. The molecule has 0 amide bonds. The summed E-state index contributed by atoms with van der Waals surface area (Å²) < 4.78 is 44.5. The number of carbonyl (C=O) groups excluding carboxylic acids is 1. The monoisotopic (exact) mass is 696 g/mol. The van der Waals surface area contributed by atoms with Crippen molar-refractivity contribution in [2.24, 2.45) is 17.6 Å². The zero-order valence-electron chi connectivity index (χ0n) is 24.6. The fourth-order valence-electron chi connectivity index (χ4n) is 5.16. The molecule has 1 aromatic heterocycles. The van der Waals surface area contributed by atoms with Crippen molar-refractivity contribution in [2.75, 3.05) is 5.32 Å². The molecule has 7 nitrogen and oxygen atoms in total. The Morgan fingerprint density at radius 2 is 1.84 bits per heavy atom. The van der Waals surface area contributed by atoms with Gasteiger partial charge in [0.1, 0.15) is 5.78 Å². The predicted octanol–water partition coefficient (Wildman–Crippen LogP) is 7.15. The first kappa shape index (κ1) is 33.8. The minimum atomic E-state index is -4.59. The minimum Gasteiger partial charge on any atom is -0.333 e. The van der Waals surface area contributed by atoms with E-state index < -0.39 is 23.8 Å². The zero-order valence-corrected chi connectivity index (χ0v) is 27.0. The van der Waals surface area contributed by atoms with Crippen molar-refractivity contribution in [2.45, 2.75) is 45.7 Å². The number of imidazole rings is 1. The molecule has 0 radical (unpaired) electrons. The summed E-state index contributed by atoms with van der Waals surface area (Å²) in [6.45, 7) is 3.86. The lowest BCUT2D eigenvalue weighted by Crippen LogP contribution is -2.55. The molecule has 4 aromatic rings. The van der Waals surface area contributed by atoms with Crippen LogP contribution in [0.25, 0.3) is 0 Å². The van der Waals surface area contributed by atoms with E-state index >= 15 is 0 Å². The molecule has 1 heterocycles. The number of benzene rings is 3. The van der Waals surface area contributed by atoms with Crippen LogP contribution in [-0.2, 0) is 30.5 Å². The number of halogens is 4. The van der Waals surface area contributed by atoms with Crippen LogP contribution in [0.15, 0.2) is 89.8 Å². The van der Waals surface area contributed by atoms with E-state index in [4.69, 9.17) is 23.2 Å². The highest BCUT2D eigenvalue weighted by Crippen LogP contribution is 2.33. The van der Waals surface area contributed by atoms with E-state index in [1.165, 1.54) is 23.1 Å². The molecule has 3 N–H and O–H groups in total. The first-order valence-electron chi connectivity index (χ1n) is 14.1. The Labute approximate surface area is 274 Å². The van der Waals surface area contributed by atoms with Crippen molar-refractivity contribution >= 4 is 44.7 Å². The third kappa shape index (κ3) is 8.78. The molecule has 3 aromatic carbocycles. The van der Waals surface area contributed by atoms with E-state index in [-0.39, 0.29) is 35.3 Å². The summed E-state index contributed by atoms with van der Waals surface area (Å²) in [7, 11) is 0. The van der Waals surface area contributed by atoms with Crippen LogP contribution in [0.5, 0.6) is 0 Å². The molecule has 2 atom stereocenters. The average molecular weight is 698 g/mol. The van der Waals surface area contributed by atoms with Gasteiger partial charge in [-0.05, 0) is 65.7 Å². The van der Waals surface area contributed by atoms with Gasteiger partial charge in [0.2, 0.25) is 0 Å². The van der Waals surface area contributed by atoms with Crippen molar-refractivity contribution in [3.8, 4) is 6.07 Å². The van der Waals surface area contributed by atoms with Crippen LogP contribution in [0.4, 0.5) is 18.9 Å². The molecule has 0 saturated heterocycles. The van der Waals surface area contributed by atoms with Crippen LogP contribution in [0.1, 0.15) is 41.8 Å². The fraction of sp³-hybridized carbons (Fsp3) is 0.273. The minimum absolute atomic E-state index is 0.00558. The Morgan fingerprint density at radius 3 is 2.49 bits per heavy atom. The summed E-state index contributed by atoms with van der Waals surface area (Å²) in [5, 5.41) is 12.3. The summed E-state index contributed by atoms with van der Waals surface area (Å²) in [6, 6.07) is 21.6. The normalized spacial score (nSPS) is 12.8. The number of rotatable bonds is 11. The maximum atomic E-state index is 14.0. The third-order valence-corrected chi connectivity index (χ3v) is 8.24.